The van der Waals surface area contributed by atoms with E-state index >= 15 is 0 Å². The van der Waals surface area contributed by atoms with Gasteiger partial charge in [-0.05, 0) is 31.1 Å². The van der Waals surface area contributed by atoms with Crippen molar-refractivity contribution in [3.63, 3.8) is 0 Å². The maximum absolute atomic E-state index is 11.2. The van der Waals surface area contributed by atoms with E-state index in [4.69, 9.17) is 0 Å². The molecule has 6 unspecified atom stereocenters. The highest BCUT2D eigenvalue weighted by atomic mass is 16.6. The van der Waals surface area contributed by atoms with Gasteiger partial charge in [0.2, 0.25) is 0 Å². The van der Waals surface area contributed by atoms with Crippen molar-refractivity contribution in [2.45, 2.75) is 32.1 Å². The molecule has 0 amide bonds. The standard InChI is InChI=1S/C9H8O3.C8H10O3/c10-8-6-4-1-2-5(3-4)7(6)9(11)12-8;9-7-5-3-1-2-4-6(5)8(10)11-7/h1-2,4-7H,3H2;5-6H,1-4H2. The molecule has 3 aliphatic carbocycles. The van der Waals surface area contributed by atoms with E-state index in [9.17, 15) is 19.2 Å². The quantitative estimate of drug-likeness (QED) is 0.381. The van der Waals surface area contributed by atoms with E-state index in [2.05, 4.69) is 9.47 Å². The van der Waals surface area contributed by atoms with Crippen molar-refractivity contribution in [2.75, 3.05) is 0 Å². The van der Waals surface area contributed by atoms with E-state index in [1.54, 1.807) is 0 Å². The van der Waals surface area contributed by atoms with Crippen molar-refractivity contribution in [1.29, 1.82) is 0 Å². The van der Waals surface area contributed by atoms with Crippen LogP contribution in [0.3, 0.4) is 0 Å². The predicted octanol–water partition coefficient (Wildman–Crippen LogP) is 1.38. The molecule has 122 valence electrons. The third kappa shape index (κ3) is 2.23. The first-order valence-corrected chi connectivity index (χ1v) is 8.25. The second-order valence-electron chi connectivity index (χ2n) is 6.98. The normalized spacial score (nSPS) is 42.8. The van der Waals surface area contributed by atoms with Crippen molar-refractivity contribution in [2.24, 2.45) is 35.5 Å². The fourth-order valence-corrected chi connectivity index (χ4v) is 4.65. The van der Waals surface area contributed by atoms with Gasteiger partial charge in [0, 0.05) is 0 Å². The Morgan fingerprint density at radius 1 is 0.696 bits per heavy atom. The van der Waals surface area contributed by atoms with E-state index < -0.39 is 0 Å². The highest BCUT2D eigenvalue weighted by molar-refractivity contribution is 5.98. The molecular formula is C17H18O6. The van der Waals surface area contributed by atoms with Gasteiger partial charge in [0.05, 0.1) is 23.7 Å². The van der Waals surface area contributed by atoms with Crippen LogP contribution in [0.25, 0.3) is 0 Å². The highest BCUT2D eigenvalue weighted by Gasteiger charge is 2.57. The Balaban J connectivity index is 0.000000118. The first-order valence-electron chi connectivity index (χ1n) is 8.25. The Kier molecular flexibility index (Phi) is 3.36. The molecule has 6 heteroatoms. The minimum atomic E-state index is -0.304. The number of ether oxygens (including phenoxy) is 2. The molecular weight excluding hydrogens is 300 g/mol. The molecule has 2 saturated carbocycles. The molecule has 2 heterocycles. The summed E-state index contributed by atoms with van der Waals surface area (Å²) in [5.74, 6) is -1.13. The van der Waals surface area contributed by atoms with E-state index in [1.165, 1.54) is 0 Å². The number of rotatable bonds is 0. The van der Waals surface area contributed by atoms with Gasteiger partial charge in [-0.3, -0.25) is 19.2 Å². The fourth-order valence-electron chi connectivity index (χ4n) is 4.65. The molecule has 23 heavy (non-hydrogen) atoms. The largest absolute Gasteiger partial charge is 0.393 e. The summed E-state index contributed by atoms with van der Waals surface area (Å²) in [6.07, 6.45) is 8.87. The van der Waals surface area contributed by atoms with Crippen LogP contribution in [0.15, 0.2) is 12.2 Å². The van der Waals surface area contributed by atoms with Crippen molar-refractivity contribution in [3.05, 3.63) is 12.2 Å². The summed E-state index contributed by atoms with van der Waals surface area (Å²) in [7, 11) is 0. The fraction of sp³-hybridized carbons (Fsp3) is 0.647. The summed E-state index contributed by atoms with van der Waals surface area (Å²) < 4.78 is 9.12. The number of fused-ring (bicyclic) bond motifs is 6. The van der Waals surface area contributed by atoms with Gasteiger partial charge in [-0.15, -0.1) is 0 Å². The molecule has 0 aromatic heterocycles. The van der Waals surface area contributed by atoms with Crippen molar-refractivity contribution < 1.29 is 28.7 Å². The Labute approximate surface area is 133 Å². The highest BCUT2D eigenvalue weighted by Crippen LogP contribution is 2.51. The van der Waals surface area contributed by atoms with E-state index in [-0.39, 0.29) is 59.4 Å². The topological polar surface area (TPSA) is 86.7 Å². The Morgan fingerprint density at radius 3 is 1.61 bits per heavy atom. The zero-order chi connectivity index (χ0) is 16.1. The third-order valence-electron chi connectivity index (χ3n) is 5.78. The number of hydrogen-bond donors (Lipinski definition) is 0. The summed E-state index contributed by atoms with van der Waals surface area (Å²) in [6.45, 7) is 0. The molecule has 5 aliphatic rings. The summed E-state index contributed by atoms with van der Waals surface area (Å²) in [5, 5.41) is 0. The first kappa shape index (κ1) is 14.6. The lowest BCUT2D eigenvalue weighted by Gasteiger charge is -2.18. The van der Waals surface area contributed by atoms with Gasteiger partial charge in [0.1, 0.15) is 0 Å². The van der Waals surface area contributed by atoms with Crippen LogP contribution in [0.2, 0.25) is 0 Å². The number of esters is 4. The van der Waals surface area contributed by atoms with Crippen LogP contribution in [0, 0.1) is 35.5 Å². The summed E-state index contributed by atoms with van der Waals surface area (Å²) in [5.41, 5.74) is 0. The van der Waals surface area contributed by atoms with E-state index in [0.29, 0.717) is 0 Å². The Bertz CT molecular complexity index is 571. The minimum Gasteiger partial charge on any atom is -0.393 e. The number of hydrogen-bond acceptors (Lipinski definition) is 6. The van der Waals surface area contributed by atoms with Gasteiger partial charge in [0.15, 0.2) is 0 Å². The molecule has 4 fully saturated rings. The van der Waals surface area contributed by atoms with Crippen LogP contribution in [0.1, 0.15) is 32.1 Å². The third-order valence-corrected chi connectivity index (χ3v) is 5.78. The lowest BCUT2D eigenvalue weighted by Crippen LogP contribution is -2.21. The number of carbonyl (C=O) groups is 4. The van der Waals surface area contributed by atoms with Crippen molar-refractivity contribution in [1.82, 2.24) is 0 Å². The molecule has 0 radical (unpaired) electrons. The van der Waals surface area contributed by atoms with Crippen molar-refractivity contribution >= 4 is 23.9 Å². The van der Waals surface area contributed by atoms with Crippen LogP contribution >= 0.6 is 0 Å². The summed E-state index contributed by atoms with van der Waals surface area (Å²) in [4.78, 5) is 44.3. The van der Waals surface area contributed by atoms with Crippen molar-refractivity contribution in [3.8, 4) is 0 Å². The van der Waals surface area contributed by atoms with E-state index in [0.717, 1.165) is 32.1 Å². The number of allylic oxidation sites excluding steroid dienone is 2. The summed E-state index contributed by atoms with van der Waals surface area (Å²) in [6, 6.07) is 0. The summed E-state index contributed by atoms with van der Waals surface area (Å²) >= 11 is 0. The van der Waals surface area contributed by atoms with Crippen LogP contribution < -0.4 is 0 Å². The van der Waals surface area contributed by atoms with Gasteiger partial charge in [0.25, 0.3) is 0 Å². The van der Waals surface area contributed by atoms with Gasteiger partial charge < -0.3 is 9.47 Å². The van der Waals surface area contributed by atoms with Crippen LogP contribution in [0.5, 0.6) is 0 Å². The molecule has 6 nitrogen and oxygen atoms in total. The lowest BCUT2D eigenvalue weighted by molar-refractivity contribution is -0.156. The monoisotopic (exact) mass is 318 g/mol. The number of cyclic esters (lactones) is 4. The second-order valence-corrected chi connectivity index (χ2v) is 6.98. The maximum Gasteiger partial charge on any atom is 0.318 e. The number of carbonyl (C=O) groups excluding carboxylic acids is 4. The Morgan fingerprint density at radius 2 is 1.13 bits per heavy atom. The molecule has 0 aromatic rings. The predicted molar refractivity (Wildman–Crippen MR) is 75.4 cm³/mol. The molecule has 2 bridgehead atoms. The molecule has 5 rings (SSSR count). The minimum absolute atomic E-state index is 0.101. The maximum atomic E-state index is 11.2. The van der Waals surface area contributed by atoms with Gasteiger partial charge >= 0.3 is 23.9 Å². The zero-order valence-electron chi connectivity index (χ0n) is 12.6. The lowest BCUT2D eigenvalue weighted by atomic mass is 9.81. The molecule has 2 saturated heterocycles. The van der Waals surface area contributed by atoms with E-state index in [1.807, 2.05) is 12.2 Å². The Hall–Kier alpha value is -1.98. The molecule has 0 aromatic carbocycles. The average Bonchev–Trinajstić information content (AvgIpc) is 3.27. The van der Waals surface area contributed by atoms with Crippen LogP contribution in [0.4, 0.5) is 0 Å². The molecule has 0 N–H and O–H groups in total. The van der Waals surface area contributed by atoms with Gasteiger partial charge in [-0.2, -0.15) is 0 Å². The van der Waals surface area contributed by atoms with Crippen LogP contribution in [-0.2, 0) is 28.7 Å². The van der Waals surface area contributed by atoms with Gasteiger partial charge in [-0.25, -0.2) is 0 Å². The average molecular weight is 318 g/mol. The molecule has 6 atom stereocenters. The zero-order valence-corrected chi connectivity index (χ0v) is 12.6. The SMILES string of the molecule is O=C1OC(=O)C2C3C=CC(C3)C12.O=C1OC(=O)C2CCCCC12. The van der Waals surface area contributed by atoms with Crippen LogP contribution in [-0.4, -0.2) is 23.9 Å². The molecule has 2 aliphatic heterocycles. The smallest absolute Gasteiger partial charge is 0.318 e. The first-order chi connectivity index (χ1) is 11.1. The molecule has 0 spiro atoms. The second kappa shape index (κ2) is 5.28. The van der Waals surface area contributed by atoms with Gasteiger partial charge in [-0.1, -0.05) is 25.0 Å².